The van der Waals surface area contributed by atoms with Crippen LogP contribution in [0, 0.1) is 6.92 Å². The summed E-state index contributed by atoms with van der Waals surface area (Å²) in [5, 5.41) is 14.7. The Morgan fingerprint density at radius 1 is 1.46 bits per heavy atom. The molecule has 0 saturated carbocycles. The molecular weight excluding hydrogens is 315 g/mol. The molecule has 0 unspecified atom stereocenters. The van der Waals surface area contributed by atoms with E-state index < -0.39 is 6.17 Å². The van der Waals surface area contributed by atoms with E-state index in [4.69, 9.17) is 4.52 Å². The van der Waals surface area contributed by atoms with Crippen molar-refractivity contribution in [1.82, 2.24) is 35.2 Å². The van der Waals surface area contributed by atoms with Crippen LogP contribution in [0.5, 0.6) is 0 Å². The van der Waals surface area contributed by atoms with Crippen molar-refractivity contribution < 1.29 is 8.91 Å². The van der Waals surface area contributed by atoms with E-state index in [0.29, 0.717) is 49.2 Å². The van der Waals surface area contributed by atoms with Gasteiger partial charge in [-0.05, 0) is 6.42 Å². The predicted octanol–water partition coefficient (Wildman–Crippen LogP) is 1.07. The first kappa shape index (κ1) is 14.9. The average molecular weight is 332 g/mol. The second kappa shape index (κ2) is 6.11. The molecule has 1 aliphatic rings. The Morgan fingerprint density at radius 3 is 3.21 bits per heavy atom. The van der Waals surface area contributed by atoms with Crippen LogP contribution in [0.3, 0.4) is 0 Å². The number of hydrogen-bond acceptors (Lipinski definition) is 8. The van der Waals surface area contributed by atoms with E-state index in [1.807, 2.05) is 4.90 Å². The number of hydrogen-bond donors (Lipinski definition) is 2. The fourth-order valence-electron chi connectivity index (χ4n) is 3.04. The Labute approximate surface area is 136 Å². The standard InChI is InChI=1S/C14H17FN8O/c1-8-20-12(22-24-8)6-23-5-9(15)2-10(23)3-16-13-11-4-19-21-14(11)18-7-17-13/h4,7,9-10H,2-3,5-6H2,1H3,(H2,16,17,18,19,21)/t9-,10-/m0/s1. The smallest absolute Gasteiger partial charge is 0.223 e. The van der Waals surface area contributed by atoms with Crippen molar-refractivity contribution in [3.63, 3.8) is 0 Å². The highest BCUT2D eigenvalue weighted by atomic mass is 19.1. The van der Waals surface area contributed by atoms with Crippen molar-refractivity contribution in [3.8, 4) is 0 Å². The molecule has 0 radical (unpaired) electrons. The van der Waals surface area contributed by atoms with Gasteiger partial charge in [0, 0.05) is 26.1 Å². The Balaban J connectivity index is 1.45. The normalized spacial score (nSPS) is 21.6. The monoisotopic (exact) mass is 332 g/mol. The molecule has 9 nitrogen and oxygen atoms in total. The van der Waals surface area contributed by atoms with E-state index in [9.17, 15) is 4.39 Å². The summed E-state index contributed by atoms with van der Waals surface area (Å²) in [4.78, 5) is 14.6. The molecule has 126 valence electrons. The summed E-state index contributed by atoms with van der Waals surface area (Å²) in [6.45, 7) is 3.14. The molecule has 1 saturated heterocycles. The number of anilines is 1. The minimum absolute atomic E-state index is 0.0238. The number of nitrogens with one attached hydrogen (secondary N) is 2. The van der Waals surface area contributed by atoms with Crippen LogP contribution in [0.15, 0.2) is 17.0 Å². The van der Waals surface area contributed by atoms with Crippen LogP contribution in [-0.2, 0) is 6.54 Å². The molecule has 0 bridgehead atoms. The van der Waals surface area contributed by atoms with Crippen LogP contribution in [0.4, 0.5) is 10.2 Å². The molecule has 0 spiro atoms. The summed E-state index contributed by atoms with van der Waals surface area (Å²) in [7, 11) is 0. The van der Waals surface area contributed by atoms with E-state index in [1.54, 1.807) is 13.1 Å². The van der Waals surface area contributed by atoms with Crippen LogP contribution in [0.2, 0.25) is 0 Å². The average Bonchev–Trinajstić information content (AvgIpc) is 3.26. The lowest BCUT2D eigenvalue weighted by Crippen LogP contribution is -2.35. The van der Waals surface area contributed by atoms with E-state index in [1.165, 1.54) is 6.33 Å². The second-order valence-electron chi connectivity index (χ2n) is 5.88. The highest BCUT2D eigenvalue weighted by Gasteiger charge is 2.32. The number of likely N-dealkylation sites (tertiary alicyclic amines) is 1. The lowest BCUT2D eigenvalue weighted by atomic mass is 10.2. The minimum atomic E-state index is -0.857. The van der Waals surface area contributed by atoms with Gasteiger partial charge < -0.3 is 9.84 Å². The molecule has 3 aromatic rings. The number of aromatic amines is 1. The van der Waals surface area contributed by atoms with Crippen molar-refractivity contribution in [2.75, 3.05) is 18.4 Å². The van der Waals surface area contributed by atoms with Crippen LogP contribution >= 0.6 is 0 Å². The lowest BCUT2D eigenvalue weighted by molar-refractivity contribution is 0.232. The minimum Gasteiger partial charge on any atom is -0.368 e. The van der Waals surface area contributed by atoms with Gasteiger partial charge in [-0.25, -0.2) is 14.4 Å². The van der Waals surface area contributed by atoms with Gasteiger partial charge in [0.05, 0.1) is 18.1 Å². The van der Waals surface area contributed by atoms with Crippen molar-refractivity contribution in [1.29, 1.82) is 0 Å². The van der Waals surface area contributed by atoms with Gasteiger partial charge in [0.2, 0.25) is 5.89 Å². The quantitative estimate of drug-likeness (QED) is 0.714. The molecule has 0 aromatic carbocycles. The Hall–Kier alpha value is -2.62. The van der Waals surface area contributed by atoms with Gasteiger partial charge in [0.25, 0.3) is 0 Å². The molecule has 2 N–H and O–H groups in total. The second-order valence-corrected chi connectivity index (χ2v) is 5.88. The maximum Gasteiger partial charge on any atom is 0.223 e. The Morgan fingerprint density at radius 2 is 2.38 bits per heavy atom. The summed E-state index contributed by atoms with van der Waals surface area (Å²) in [6, 6.07) is 0.0238. The van der Waals surface area contributed by atoms with E-state index >= 15 is 0 Å². The molecule has 0 amide bonds. The highest BCUT2D eigenvalue weighted by Crippen LogP contribution is 2.23. The SMILES string of the molecule is Cc1nc(CN2C[C@@H](F)C[C@H]2CNc2ncnc3[nH]ncc23)no1. The molecular formula is C14H17FN8O. The number of rotatable bonds is 5. The molecule has 4 rings (SSSR count). The number of H-pyrrole nitrogens is 1. The highest BCUT2D eigenvalue weighted by molar-refractivity contribution is 5.85. The molecule has 1 aliphatic heterocycles. The number of fused-ring (bicyclic) bond motifs is 1. The summed E-state index contributed by atoms with van der Waals surface area (Å²) in [5.74, 6) is 1.77. The van der Waals surface area contributed by atoms with Gasteiger partial charge in [0.15, 0.2) is 11.5 Å². The maximum absolute atomic E-state index is 13.9. The predicted molar refractivity (Wildman–Crippen MR) is 82.9 cm³/mol. The first-order chi connectivity index (χ1) is 11.7. The number of nitrogens with zero attached hydrogens (tertiary/aromatic N) is 6. The van der Waals surface area contributed by atoms with Crippen LogP contribution in [0.25, 0.3) is 11.0 Å². The van der Waals surface area contributed by atoms with E-state index in [2.05, 4.69) is 35.6 Å². The molecule has 1 fully saturated rings. The van der Waals surface area contributed by atoms with E-state index in [0.717, 1.165) is 5.39 Å². The number of aromatic nitrogens is 6. The van der Waals surface area contributed by atoms with Crippen LogP contribution < -0.4 is 5.32 Å². The van der Waals surface area contributed by atoms with Gasteiger partial charge in [0.1, 0.15) is 18.3 Å². The van der Waals surface area contributed by atoms with Gasteiger partial charge >= 0.3 is 0 Å². The zero-order valence-electron chi connectivity index (χ0n) is 13.1. The Kier molecular flexibility index (Phi) is 3.81. The molecule has 10 heteroatoms. The van der Waals surface area contributed by atoms with Crippen LogP contribution in [0.1, 0.15) is 18.1 Å². The van der Waals surface area contributed by atoms with Gasteiger partial charge in [-0.15, -0.1) is 0 Å². The third-order valence-electron chi connectivity index (χ3n) is 4.14. The zero-order valence-corrected chi connectivity index (χ0v) is 13.1. The van der Waals surface area contributed by atoms with Crippen LogP contribution in [-0.4, -0.2) is 60.5 Å². The molecule has 24 heavy (non-hydrogen) atoms. The van der Waals surface area contributed by atoms with Crippen molar-refractivity contribution in [2.45, 2.75) is 32.1 Å². The zero-order chi connectivity index (χ0) is 16.5. The molecule has 4 heterocycles. The first-order valence-electron chi connectivity index (χ1n) is 7.74. The van der Waals surface area contributed by atoms with Crippen molar-refractivity contribution in [3.05, 3.63) is 24.2 Å². The molecule has 0 aliphatic carbocycles. The lowest BCUT2D eigenvalue weighted by Gasteiger charge is -2.23. The third kappa shape index (κ3) is 2.92. The fourth-order valence-corrected chi connectivity index (χ4v) is 3.04. The number of aryl methyl sites for hydroxylation is 1. The van der Waals surface area contributed by atoms with Crippen molar-refractivity contribution >= 4 is 16.9 Å². The van der Waals surface area contributed by atoms with Gasteiger partial charge in [-0.2, -0.15) is 10.1 Å². The molecule has 3 aromatic heterocycles. The largest absolute Gasteiger partial charge is 0.368 e. The Bertz CT molecular complexity index is 833. The summed E-state index contributed by atoms with van der Waals surface area (Å²) in [6.07, 6.45) is 2.74. The summed E-state index contributed by atoms with van der Waals surface area (Å²) < 4.78 is 18.9. The number of alkyl halides is 1. The first-order valence-corrected chi connectivity index (χ1v) is 7.74. The van der Waals surface area contributed by atoms with Crippen molar-refractivity contribution in [2.24, 2.45) is 0 Å². The van der Waals surface area contributed by atoms with E-state index in [-0.39, 0.29) is 6.04 Å². The third-order valence-corrected chi connectivity index (χ3v) is 4.14. The summed E-state index contributed by atoms with van der Waals surface area (Å²) in [5.41, 5.74) is 0.668. The summed E-state index contributed by atoms with van der Waals surface area (Å²) >= 11 is 0. The fraction of sp³-hybridized carbons (Fsp3) is 0.500. The number of halogens is 1. The van der Waals surface area contributed by atoms with Gasteiger partial charge in [-0.1, -0.05) is 5.16 Å². The van der Waals surface area contributed by atoms with Gasteiger partial charge in [-0.3, -0.25) is 10.00 Å². The molecule has 2 atom stereocenters. The maximum atomic E-state index is 13.9. The topological polar surface area (TPSA) is 109 Å².